The molecule has 1 aromatic carbocycles. The largest absolute Gasteiger partial charge is 0.411 e. The Labute approximate surface area is 101 Å². The van der Waals surface area contributed by atoms with Crippen LogP contribution in [0.15, 0.2) is 12.1 Å². The van der Waals surface area contributed by atoms with Crippen molar-refractivity contribution in [2.24, 2.45) is 0 Å². The zero-order valence-corrected chi connectivity index (χ0v) is 9.57. The van der Waals surface area contributed by atoms with Gasteiger partial charge in [0.05, 0.1) is 6.61 Å². The molecule has 0 fully saturated rings. The number of hydrogen-bond acceptors (Lipinski definition) is 2. The van der Waals surface area contributed by atoms with E-state index in [1.165, 1.54) is 13.0 Å². The Kier molecular flexibility index (Phi) is 4.89. The van der Waals surface area contributed by atoms with Gasteiger partial charge in [0.15, 0.2) is 5.82 Å². The smallest absolute Gasteiger partial charge is 0.378 e. The van der Waals surface area contributed by atoms with Crippen LogP contribution < -0.4 is 5.32 Å². The van der Waals surface area contributed by atoms with Gasteiger partial charge in [-0.1, -0.05) is 6.07 Å². The first-order valence-corrected chi connectivity index (χ1v) is 5.14. The summed E-state index contributed by atoms with van der Waals surface area (Å²) in [6, 6.07) is 2.35. The van der Waals surface area contributed by atoms with Crippen LogP contribution in [-0.4, -0.2) is 25.9 Å². The van der Waals surface area contributed by atoms with Crippen LogP contribution in [0.1, 0.15) is 5.56 Å². The molecule has 1 N–H and O–H groups in total. The number of alkyl halides is 3. The zero-order chi connectivity index (χ0) is 13.8. The van der Waals surface area contributed by atoms with E-state index in [2.05, 4.69) is 10.1 Å². The lowest BCUT2D eigenvalue weighted by Crippen LogP contribution is -2.20. The highest BCUT2D eigenvalue weighted by Gasteiger charge is 2.27. The highest BCUT2D eigenvalue weighted by Crippen LogP contribution is 2.21. The van der Waals surface area contributed by atoms with Crippen molar-refractivity contribution in [3.8, 4) is 0 Å². The number of anilines is 1. The lowest BCUT2D eigenvalue weighted by atomic mass is 10.2. The quantitative estimate of drug-likeness (QED) is 0.654. The average Bonchev–Trinajstić information content (AvgIpc) is 2.26. The van der Waals surface area contributed by atoms with Crippen LogP contribution in [0.3, 0.4) is 0 Å². The second-order valence-electron chi connectivity index (χ2n) is 3.65. The molecule has 0 heterocycles. The predicted octanol–water partition coefficient (Wildman–Crippen LogP) is 3.26. The van der Waals surface area contributed by atoms with Crippen LogP contribution in [0, 0.1) is 18.6 Å². The third-order valence-corrected chi connectivity index (χ3v) is 2.10. The molecule has 1 rings (SSSR count). The standard InChI is InChI=1S/C11H12F5NO/c1-7-2-3-8(12)10(9(7)13)17-4-5-18-6-11(14,15)16/h2-3,17H,4-6H2,1H3. The molecule has 0 spiro atoms. The normalized spacial score (nSPS) is 11.7. The maximum Gasteiger partial charge on any atom is 0.411 e. The molecule has 0 unspecified atom stereocenters. The molecule has 18 heavy (non-hydrogen) atoms. The highest BCUT2D eigenvalue weighted by atomic mass is 19.4. The fraction of sp³-hybridized carbons (Fsp3) is 0.455. The minimum atomic E-state index is -4.40. The molecule has 0 bridgehead atoms. The number of ether oxygens (including phenoxy) is 1. The minimum Gasteiger partial charge on any atom is -0.378 e. The van der Waals surface area contributed by atoms with Crippen molar-refractivity contribution in [1.29, 1.82) is 0 Å². The summed E-state index contributed by atoms with van der Waals surface area (Å²) in [7, 11) is 0. The number of aryl methyl sites for hydroxylation is 1. The molecule has 0 aromatic heterocycles. The number of benzene rings is 1. The SMILES string of the molecule is Cc1ccc(F)c(NCCOCC(F)(F)F)c1F. The van der Waals surface area contributed by atoms with E-state index >= 15 is 0 Å². The molecule has 0 saturated carbocycles. The van der Waals surface area contributed by atoms with E-state index in [9.17, 15) is 22.0 Å². The first kappa shape index (κ1) is 14.7. The van der Waals surface area contributed by atoms with Crippen molar-refractivity contribution >= 4 is 5.69 Å². The first-order chi connectivity index (χ1) is 8.31. The van der Waals surface area contributed by atoms with E-state index in [-0.39, 0.29) is 24.4 Å². The van der Waals surface area contributed by atoms with Gasteiger partial charge in [-0.25, -0.2) is 8.78 Å². The first-order valence-electron chi connectivity index (χ1n) is 5.14. The van der Waals surface area contributed by atoms with Gasteiger partial charge >= 0.3 is 6.18 Å². The lowest BCUT2D eigenvalue weighted by molar-refractivity contribution is -0.172. The van der Waals surface area contributed by atoms with Crippen molar-refractivity contribution in [2.75, 3.05) is 25.1 Å². The van der Waals surface area contributed by atoms with Crippen molar-refractivity contribution in [1.82, 2.24) is 0 Å². The molecular formula is C11H12F5NO. The fourth-order valence-electron chi connectivity index (χ4n) is 1.25. The summed E-state index contributed by atoms with van der Waals surface area (Å²) in [5.74, 6) is -1.56. The molecular weight excluding hydrogens is 257 g/mol. The summed E-state index contributed by atoms with van der Waals surface area (Å²) < 4.78 is 66.1. The third-order valence-electron chi connectivity index (χ3n) is 2.10. The van der Waals surface area contributed by atoms with Crippen molar-refractivity contribution in [2.45, 2.75) is 13.1 Å². The Bertz CT molecular complexity index is 405. The van der Waals surface area contributed by atoms with Crippen LogP contribution in [0.2, 0.25) is 0 Å². The van der Waals surface area contributed by atoms with E-state index in [1.807, 2.05) is 0 Å². The van der Waals surface area contributed by atoms with Gasteiger partial charge in [0, 0.05) is 6.54 Å². The topological polar surface area (TPSA) is 21.3 Å². The summed E-state index contributed by atoms with van der Waals surface area (Å²) in [4.78, 5) is 0. The van der Waals surface area contributed by atoms with E-state index < -0.39 is 24.4 Å². The summed E-state index contributed by atoms with van der Waals surface area (Å²) in [5.41, 5.74) is -0.110. The molecule has 0 aliphatic rings. The lowest BCUT2D eigenvalue weighted by Gasteiger charge is -2.11. The number of hydrogen-bond donors (Lipinski definition) is 1. The van der Waals surface area contributed by atoms with Crippen molar-refractivity contribution in [3.05, 3.63) is 29.3 Å². The molecule has 2 nitrogen and oxygen atoms in total. The third kappa shape index (κ3) is 4.48. The number of nitrogens with one attached hydrogen (secondary N) is 1. The maximum atomic E-state index is 13.4. The predicted molar refractivity (Wildman–Crippen MR) is 56.5 cm³/mol. The highest BCUT2D eigenvalue weighted by molar-refractivity contribution is 5.48. The van der Waals surface area contributed by atoms with Gasteiger partial charge < -0.3 is 10.1 Å². The second-order valence-corrected chi connectivity index (χ2v) is 3.65. The minimum absolute atomic E-state index is 0.118. The van der Waals surface area contributed by atoms with Gasteiger partial charge in [0.2, 0.25) is 0 Å². The maximum absolute atomic E-state index is 13.4. The van der Waals surface area contributed by atoms with Gasteiger partial charge in [0.25, 0.3) is 0 Å². The Balaban J connectivity index is 2.43. The molecule has 1 aromatic rings. The van der Waals surface area contributed by atoms with Gasteiger partial charge in [-0.15, -0.1) is 0 Å². The van der Waals surface area contributed by atoms with Crippen LogP contribution >= 0.6 is 0 Å². The van der Waals surface area contributed by atoms with Gasteiger partial charge in [-0.05, 0) is 18.6 Å². The fourth-order valence-corrected chi connectivity index (χ4v) is 1.25. The zero-order valence-electron chi connectivity index (χ0n) is 9.57. The summed E-state index contributed by atoms with van der Waals surface area (Å²) in [5, 5.41) is 2.37. The van der Waals surface area contributed by atoms with E-state index in [0.717, 1.165) is 6.07 Å². The van der Waals surface area contributed by atoms with Crippen LogP contribution in [0.4, 0.5) is 27.6 Å². The van der Waals surface area contributed by atoms with Gasteiger partial charge in [-0.3, -0.25) is 0 Å². The van der Waals surface area contributed by atoms with Crippen molar-refractivity contribution < 1.29 is 26.7 Å². The van der Waals surface area contributed by atoms with E-state index in [4.69, 9.17) is 0 Å². The van der Waals surface area contributed by atoms with Crippen LogP contribution in [0.5, 0.6) is 0 Å². The monoisotopic (exact) mass is 269 g/mol. The summed E-state index contributed by atoms with van der Waals surface area (Å²) in [6.07, 6.45) is -4.40. The summed E-state index contributed by atoms with van der Waals surface area (Å²) in [6.45, 7) is -0.340. The molecule has 0 aliphatic heterocycles. The average molecular weight is 269 g/mol. The Morgan fingerprint density at radius 3 is 2.50 bits per heavy atom. The molecule has 0 radical (unpaired) electrons. The number of rotatable bonds is 5. The van der Waals surface area contributed by atoms with Crippen LogP contribution in [-0.2, 0) is 4.74 Å². The Hall–Kier alpha value is -1.37. The molecule has 0 atom stereocenters. The second kappa shape index (κ2) is 5.99. The van der Waals surface area contributed by atoms with Gasteiger partial charge in [0.1, 0.15) is 18.1 Å². The molecule has 0 saturated heterocycles. The molecule has 0 aliphatic carbocycles. The summed E-state index contributed by atoms with van der Waals surface area (Å²) >= 11 is 0. The molecule has 0 amide bonds. The van der Waals surface area contributed by atoms with Crippen molar-refractivity contribution in [3.63, 3.8) is 0 Å². The van der Waals surface area contributed by atoms with E-state index in [0.29, 0.717) is 0 Å². The Morgan fingerprint density at radius 1 is 1.22 bits per heavy atom. The Morgan fingerprint density at radius 2 is 1.89 bits per heavy atom. The van der Waals surface area contributed by atoms with E-state index in [1.54, 1.807) is 0 Å². The molecule has 102 valence electrons. The van der Waals surface area contributed by atoms with Gasteiger partial charge in [-0.2, -0.15) is 13.2 Å². The van der Waals surface area contributed by atoms with Crippen LogP contribution in [0.25, 0.3) is 0 Å². The number of halogens is 5. The molecule has 7 heteroatoms.